The van der Waals surface area contributed by atoms with Crippen molar-refractivity contribution in [3.05, 3.63) is 53.9 Å². The molecular weight excluding hydrogens is 292 g/mol. The van der Waals surface area contributed by atoms with Crippen LogP contribution in [-0.4, -0.2) is 41.0 Å². The Morgan fingerprint density at radius 2 is 1.96 bits per heavy atom. The van der Waals surface area contributed by atoms with Crippen molar-refractivity contribution in [1.82, 2.24) is 9.88 Å². The van der Waals surface area contributed by atoms with E-state index in [0.717, 1.165) is 16.7 Å². The molecule has 2 atom stereocenters. The fourth-order valence-corrected chi connectivity index (χ4v) is 2.86. The highest BCUT2D eigenvalue weighted by Gasteiger charge is 2.45. The molecule has 0 aliphatic heterocycles. The number of benzene rings is 1. The van der Waals surface area contributed by atoms with Gasteiger partial charge in [0.05, 0.1) is 11.5 Å². The first kappa shape index (κ1) is 15.2. The van der Waals surface area contributed by atoms with Crippen LogP contribution in [0.1, 0.15) is 28.3 Å². The number of pyridine rings is 1. The monoisotopic (exact) mass is 310 g/mol. The summed E-state index contributed by atoms with van der Waals surface area (Å²) in [5.74, 6) is -1.13. The quantitative estimate of drug-likeness (QED) is 0.942. The largest absolute Gasteiger partial charge is 0.481 e. The number of carboxylic acids is 1. The van der Waals surface area contributed by atoms with Gasteiger partial charge in [0.15, 0.2) is 0 Å². The molecule has 1 amide bonds. The number of hydrogen-bond donors (Lipinski definition) is 1. The first-order valence-electron chi connectivity index (χ1n) is 7.48. The van der Waals surface area contributed by atoms with E-state index in [4.69, 9.17) is 5.11 Å². The smallest absolute Gasteiger partial charge is 0.307 e. The van der Waals surface area contributed by atoms with Gasteiger partial charge in [0.2, 0.25) is 0 Å². The minimum absolute atomic E-state index is 0.0388. The highest BCUT2D eigenvalue weighted by molar-refractivity contribution is 5.94. The van der Waals surface area contributed by atoms with Crippen LogP contribution in [0.4, 0.5) is 0 Å². The molecule has 1 aliphatic carbocycles. The van der Waals surface area contributed by atoms with E-state index >= 15 is 0 Å². The van der Waals surface area contributed by atoms with Crippen LogP contribution in [0.5, 0.6) is 0 Å². The summed E-state index contributed by atoms with van der Waals surface area (Å²) < 4.78 is 0. The summed E-state index contributed by atoms with van der Waals surface area (Å²) in [5, 5.41) is 9.16. The third-order valence-electron chi connectivity index (χ3n) is 4.17. The maximum Gasteiger partial charge on any atom is 0.307 e. The predicted molar refractivity (Wildman–Crippen MR) is 86.2 cm³/mol. The minimum atomic E-state index is -0.750. The summed E-state index contributed by atoms with van der Waals surface area (Å²) in [4.78, 5) is 28.9. The second-order valence-electron chi connectivity index (χ2n) is 6.04. The van der Waals surface area contributed by atoms with Crippen molar-refractivity contribution in [2.45, 2.75) is 12.3 Å². The molecule has 1 aliphatic rings. The molecule has 0 saturated heterocycles. The molecule has 0 bridgehead atoms. The highest BCUT2D eigenvalue weighted by atomic mass is 16.4. The maximum absolute atomic E-state index is 12.1. The van der Waals surface area contributed by atoms with E-state index in [1.54, 1.807) is 26.5 Å². The number of carboxylic acid groups (broad SMARTS) is 1. The van der Waals surface area contributed by atoms with Crippen LogP contribution in [0.15, 0.2) is 42.7 Å². The first-order valence-corrected chi connectivity index (χ1v) is 7.48. The number of nitrogens with zero attached hydrogens (tertiary/aromatic N) is 2. The lowest BCUT2D eigenvalue weighted by Gasteiger charge is -2.12. The Balaban J connectivity index is 1.99. The van der Waals surface area contributed by atoms with Crippen LogP contribution < -0.4 is 0 Å². The van der Waals surface area contributed by atoms with Gasteiger partial charge in [0, 0.05) is 32.1 Å². The second-order valence-corrected chi connectivity index (χ2v) is 6.04. The molecule has 1 fully saturated rings. The van der Waals surface area contributed by atoms with Gasteiger partial charge in [0.25, 0.3) is 5.91 Å². The van der Waals surface area contributed by atoms with Crippen LogP contribution in [-0.2, 0) is 4.79 Å². The molecule has 0 radical (unpaired) electrons. The van der Waals surface area contributed by atoms with Gasteiger partial charge in [-0.3, -0.25) is 14.6 Å². The van der Waals surface area contributed by atoms with E-state index in [-0.39, 0.29) is 17.7 Å². The molecule has 1 heterocycles. The molecule has 1 N–H and O–H groups in total. The molecule has 1 aromatic carbocycles. The number of aliphatic carboxylic acids is 1. The maximum atomic E-state index is 12.1. The summed E-state index contributed by atoms with van der Waals surface area (Å²) in [6, 6.07) is 9.55. The molecule has 5 nitrogen and oxygen atoms in total. The topological polar surface area (TPSA) is 70.5 Å². The van der Waals surface area contributed by atoms with Crippen LogP contribution in [0.3, 0.4) is 0 Å². The molecule has 1 aromatic heterocycles. The molecule has 5 heteroatoms. The molecule has 2 aromatic rings. The zero-order chi connectivity index (χ0) is 16.6. The van der Waals surface area contributed by atoms with Gasteiger partial charge >= 0.3 is 5.97 Å². The lowest BCUT2D eigenvalue weighted by Crippen LogP contribution is -2.21. The molecule has 1 saturated carbocycles. The van der Waals surface area contributed by atoms with Crippen LogP contribution in [0.25, 0.3) is 11.1 Å². The number of rotatable bonds is 4. The number of aromatic nitrogens is 1. The summed E-state index contributed by atoms with van der Waals surface area (Å²) in [6.07, 6.45) is 3.92. The fraction of sp³-hybridized carbons (Fsp3) is 0.278. The summed E-state index contributed by atoms with van der Waals surface area (Å²) in [6.45, 7) is 0. The normalized spacial score (nSPS) is 19.2. The zero-order valence-corrected chi connectivity index (χ0v) is 13.1. The molecule has 23 heavy (non-hydrogen) atoms. The Morgan fingerprint density at radius 3 is 2.61 bits per heavy atom. The van der Waals surface area contributed by atoms with Gasteiger partial charge in [-0.15, -0.1) is 0 Å². The van der Waals surface area contributed by atoms with Crippen LogP contribution in [0.2, 0.25) is 0 Å². The van der Waals surface area contributed by atoms with E-state index in [1.807, 2.05) is 30.3 Å². The summed E-state index contributed by atoms with van der Waals surface area (Å²) >= 11 is 0. The number of carbonyl (C=O) groups is 2. The first-order chi connectivity index (χ1) is 11.0. The van der Waals surface area contributed by atoms with Crippen molar-refractivity contribution in [2.24, 2.45) is 5.92 Å². The Bertz CT molecular complexity index is 770. The summed E-state index contributed by atoms with van der Waals surface area (Å²) in [5.41, 5.74) is 3.32. The molecule has 0 unspecified atom stereocenters. The van der Waals surface area contributed by atoms with Gasteiger partial charge in [-0.2, -0.15) is 0 Å². The van der Waals surface area contributed by atoms with Crippen molar-refractivity contribution in [2.75, 3.05) is 14.1 Å². The standard InChI is InChI=1S/C18H18N2O3/c1-20(2)17(21)12-7-11(9-19-10-12)13-5-3-4-6-14(13)15-8-16(15)18(22)23/h3-7,9-10,15-16H,8H2,1-2H3,(H,22,23)/t15-,16+/m0/s1. The Hall–Kier alpha value is -2.69. The van der Waals surface area contributed by atoms with Gasteiger partial charge in [0.1, 0.15) is 0 Å². The third-order valence-corrected chi connectivity index (χ3v) is 4.17. The molecular formula is C18H18N2O3. The fourth-order valence-electron chi connectivity index (χ4n) is 2.86. The van der Waals surface area contributed by atoms with Crippen LogP contribution in [0, 0.1) is 5.92 Å². The molecule has 0 spiro atoms. The van der Waals surface area contributed by atoms with Gasteiger partial charge in [-0.25, -0.2) is 0 Å². The van der Waals surface area contributed by atoms with E-state index < -0.39 is 5.97 Å². The molecule has 3 rings (SSSR count). The summed E-state index contributed by atoms with van der Waals surface area (Å²) in [7, 11) is 3.40. The van der Waals surface area contributed by atoms with Crippen molar-refractivity contribution >= 4 is 11.9 Å². The highest BCUT2D eigenvalue weighted by Crippen LogP contribution is 2.50. The number of carbonyl (C=O) groups excluding carboxylic acids is 1. The van der Waals surface area contributed by atoms with E-state index in [9.17, 15) is 9.59 Å². The van der Waals surface area contributed by atoms with Gasteiger partial charge < -0.3 is 10.0 Å². The Labute approximate surface area is 134 Å². The predicted octanol–water partition coefficient (Wildman–Crippen LogP) is 2.64. The average Bonchev–Trinajstić information content (AvgIpc) is 3.35. The number of amides is 1. The van der Waals surface area contributed by atoms with Gasteiger partial charge in [-0.05, 0) is 29.5 Å². The molecule has 118 valence electrons. The average molecular weight is 310 g/mol. The lowest BCUT2D eigenvalue weighted by molar-refractivity contribution is -0.138. The Kier molecular flexibility index (Phi) is 3.86. The lowest BCUT2D eigenvalue weighted by atomic mass is 9.96. The number of hydrogen-bond acceptors (Lipinski definition) is 3. The van der Waals surface area contributed by atoms with E-state index in [2.05, 4.69) is 4.98 Å². The van der Waals surface area contributed by atoms with Gasteiger partial charge in [-0.1, -0.05) is 24.3 Å². The SMILES string of the molecule is CN(C)C(=O)c1cncc(-c2ccccc2[C@@H]2C[C@H]2C(=O)O)c1. The van der Waals surface area contributed by atoms with Crippen molar-refractivity contribution in [3.63, 3.8) is 0 Å². The zero-order valence-electron chi connectivity index (χ0n) is 13.1. The van der Waals surface area contributed by atoms with Crippen LogP contribution >= 0.6 is 0 Å². The van der Waals surface area contributed by atoms with Crippen molar-refractivity contribution in [3.8, 4) is 11.1 Å². The third kappa shape index (κ3) is 2.95. The minimum Gasteiger partial charge on any atom is -0.481 e. The van der Waals surface area contributed by atoms with Crippen molar-refractivity contribution in [1.29, 1.82) is 0 Å². The van der Waals surface area contributed by atoms with E-state index in [1.165, 1.54) is 4.90 Å². The second kappa shape index (κ2) is 5.83. The van der Waals surface area contributed by atoms with E-state index in [0.29, 0.717) is 12.0 Å². The van der Waals surface area contributed by atoms with Crippen molar-refractivity contribution < 1.29 is 14.7 Å². The Morgan fingerprint density at radius 1 is 1.22 bits per heavy atom.